The summed E-state index contributed by atoms with van der Waals surface area (Å²) in [4.78, 5) is 20.7. The predicted octanol–water partition coefficient (Wildman–Crippen LogP) is 6.12. The van der Waals surface area contributed by atoms with Crippen LogP contribution in [0.1, 0.15) is 17.0 Å². The fourth-order valence-electron chi connectivity index (χ4n) is 4.23. The molecule has 3 heterocycles. The van der Waals surface area contributed by atoms with Crippen molar-refractivity contribution in [3.05, 3.63) is 115 Å². The Labute approximate surface area is 220 Å². The highest BCUT2D eigenvalue weighted by atomic mass is 127. The minimum Gasteiger partial charge on any atom is -0.336 e. The van der Waals surface area contributed by atoms with Gasteiger partial charge in [-0.2, -0.15) is 0 Å². The van der Waals surface area contributed by atoms with Crippen LogP contribution in [0.2, 0.25) is 5.02 Å². The molecule has 0 fully saturated rings. The van der Waals surface area contributed by atoms with Crippen molar-refractivity contribution in [1.82, 2.24) is 19.1 Å². The van der Waals surface area contributed by atoms with Crippen LogP contribution in [0.4, 0.5) is 0 Å². The number of halogens is 3. The molecule has 0 saturated carbocycles. The molecule has 0 N–H and O–H groups in total. The standard InChI is InChI=1S/C26H19Cl2IN4O/c1-32-15-30-14-24(32)26(28,17-6-8-19(29)9-7-17)23-11-21-20(16-4-3-5-18(27)10-16)12-25(34)33(2)22(21)13-31-23/h3-15H,1-2H3/t26-/m1/s1. The van der Waals surface area contributed by atoms with E-state index in [4.69, 9.17) is 28.2 Å². The zero-order valence-electron chi connectivity index (χ0n) is 18.3. The van der Waals surface area contributed by atoms with Crippen molar-refractivity contribution in [3.8, 4) is 11.1 Å². The molecule has 34 heavy (non-hydrogen) atoms. The van der Waals surface area contributed by atoms with E-state index in [9.17, 15) is 4.79 Å². The lowest BCUT2D eigenvalue weighted by Gasteiger charge is -2.28. The number of rotatable bonds is 4. The van der Waals surface area contributed by atoms with Crippen molar-refractivity contribution in [1.29, 1.82) is 0 Å². The van der Waals surface area contributed by atoms with E-state index >= 15 is 0 Å². The molecule has 5 rings (SSSR count). The third kappa shape index (κ3) is 3.83. The van der Waals surface area contributed by atoms with Crippen LogP contribution in [0.15, 0.2) is 84.2 Å². The van der Waals surface area contributed by atoms with Gasteiger partial charge in [0, 0.05) is 34.1 Å². The van der Waals surface area contributed by atoms with Gasteiger partial charge >= 0.3 is 0 Å². The van der Waals surface area contributed by atoms with Gasteiger partial charge in [-0.1, -0.05) is 35.9 Å². The Morgan fingerprint density at radius 1 is 1.00 bits per heavy atom. The summed E-state index contributed by atoms with van der Waals surface area (Å²) >= 11 is 16.0. The monoisotopic (exact) mass is 600 g/mol. The molecular formula is C26H19Cl2IN4O. The van der Waals surface area contributed by atoms with E-state index < -0.39 is 4.87 Å². The molecule has 0 unspecified atom stereocenters. The average molecular weight is 601 g/mol. The van der Waals surface area contributed by atoms with Crippen LogP contribution in [-0.2, 0) is 19.0 Å². The van der Waals surface area contributed by atoms with E-state index in [1.165, 1.54) is 0 Å². The third-order valence-corrected chi connectivity index (χ3v) is 7.59. The van der Waals surface area contributed by atoms with E-state index in [-0.39, 0.29) is 5.56 Å². The maximum atomic E-state index is 12.7. The Bertz CT molecular complexity index is 1590. The topological polar surface area (TPSA) is 52.7 Å². The number of pyridine rings is 2. The summed E-state index contributed by atoms with van der Waals surface area (Å²) in [5.74, 6) is 0. The smallest absolute Gasteiger partial charge is 0.251 e. The first-order valence-corrected chi connectivity index (χ1v) is 12.3. The van der Waals surface area contributed by atoms with Gasteiger partial charge in [-0.15, -0.1) is 11.6 Å². The van der Waals surface area contributed by atoms with Gasteiger partial charge in [0.2, 0.25) is 0 Å². The van der Waals surface area contributed by atoms with E-state index in [2.05, 4.69) is 27.6 Å². The van der Waals surface area contributed by atoms with Crippen LogP contribution < -0.4 is 5.56 Å². The molecule has 170 valence electrons. The molecule has 0 aliphatic heterocycles. The van der Waals surface area contributed by atoms with Crippen molar-refractivity contribution in [2.45, 2.75) is 4.87 Å². The molecule has 0 bridgehead atoms. The van der Waals surface area contributed by atoms with Gasteiger partial charge < -0.3 is 9.13 Å². The Balaban J connectivity index is 1.84. The summed E-state index contributed by atoms with van der Waals surface area (Å²) in [6.07, 6.45) is 5.19. The highest BCUT2D eigenvalue weighted by Gasteiger charge is 2.38. The van der Waals surface area contributed by atoms with Crippen LogP contribution in [0.5, 0.6) is 0 Å². The van der Waals surface area contributed by atoms with Gasteiger partial charge in [-0.3, -0.25) is 9.78 Å². The quantitative estimate of drug-likeness (QED) is 0.184. The van der Waals surface area contributed by atoms with Gasteiger partial charge in [0.25, 0.3) is 5.56 Å². The Morgan fingerprint density at radius 3 is 2.44 bits per heavy atom. The van der Waals surface area contributed by atoms with E-state index in [0.29, 0.717) is 16.2 Å². The summed E-state index contributed by atoms with van der Waals surface area (Å²) in [6, 6.07) is 19.1. The molecule has 0 aliphatic rings. The van der Waals surface area contributed by atoms with Gasteiger partial charge in [-0.05, 0) is 69.6 Å². The van der Waals surface area contributed by atoms with Crippen LogP contribution in [0, 0.1) is 3.57 Å². The zero-order chi connectivity index (χ0) is 24.0. The predicted molar refractivity (Wildman–Crippen MR) is 146 cm³/mol. The average Bonchev–Trinajstić information content (AvgIpc) is 3.27. The highest BCUT2D eigenvalue weighted by molar-refractivity contribution is 14.1. The summed E-state index contributed by atoms with van der Waals surface area (Å²) in [7, 11) is 3.65. The number of aromatic nitrogens is 4. The van der Waals surface area contributed by atoms with Gasteiger partial charge in [0.1, 0.15) is 0 Å². The van der Waals surface area contributed by atoms with Gasteiger partial charge in [-0.25, -0.2) is 4.98 Å². The second kappa shape index (κ2) is 8.83. The molecule has 1 atom stereocenters. The molecule has 5 aromatic rings. The lowest BCUT2D eigenvalue weighted by atomic mass is 9.89. The van der Waals surface area contributed by atoms with E-state index in [0.717, 1.165) is 31.3 Å². The molecule has 8 heteroatoms. The Kier molecular flexibility index (Phi) is 6.00. The Morgan fingerprint density at radius 2 is 1.76 bits per heavy atom. The number of imidazole rings is 1. The molecule has 5 nitrogen and oxygen atoms in total. The van der Waals surface area contributed by atoms with Crippen LogP contribution >= 0.6 is 45.8 Å². The molecule has 2 aromatic carbocycles. The number of hydrogen-bond acceptors (Lipinski definition) is 3. The molecule has 0 aliphatic carbocycles. The van der Waals surface area contributed by atoms with E-state index in [1.54, 1.807) is 36.4 Å². The van der Waals surface area contributed by atoms with E-state index in [1.807, 2.05) is 66.2 Å². The minimum absolute atomic E-state index is 0.126. The zero-order valence-corrected chi connectivity index (χ0v) is 22.0. The summed E-state index contributed by atoms with van der Waals surface area (Å²) in [5.41, 5.74) is 4.50. The van der Waals surface area contributed by atoms with Crippen molar-refractivity contribution in [3.63, 3.8) is 0 Å². The second-order valence-electron chi connectivity index (χ2n) is 8.11. The first-order valence-electron chi connectivity index (χ1n) is 10.5. The SMILES string of the molecule is Cn1cncc1[C@@](Cl)(c1ccc(I)cc1)c1cc2c(-c3cccc(Cl)c3)cc(=O)n(C)c2cn1. The van der Waals surface area contributed by atoms with Crippen LogP contribution in [0.3, 0.4) is 0 Å². The highest BCUT2D eigenvalue weighted by Crippen LogP contribution is 2.43. The summed E-state index contributed by atoms with van der Waals surface area (Å²) in [5, 5.41) is 1.45. The molecular weight excluding hydrogens is 582 g/mol. The number of benzene rings is 2. The second-order valence-corrected chi connectivity index (χ2v) is 10.4. The number of fused-ring (bicyclic) bond motifs is 1. The maximum absolute atomic E-state index is 12.7. The van der Waals surface area contributed by atoms with Gasteiger partial charge in [0.15, 0.2) is 4.87 Å². The van der Waals surface area contributed by atoms with Crippen molar-refractivity contribution in [2.24, 2.45) is 14.1 Å². The lowest BCUT2D eigenvalue weighted by molar-refractivity contribution is 0.727. The summed E-state index contributed by atoms with van der Waals surface area (Å²) < 4.78 is 4.59. The van der Waals surface area contributed by atoms with Crippen LogP contribution in [-0.4, -0.2) is 19.1 Å². The maximum Gasteiger partial charge on any atom is 0.251 e. The fourth-order valence-corrected chi connectivity index (χ4v) is 5.19. The molecule has 0 amide bonds. The largest absolute Gasteiger partial charge is 0.336 e. The number of hydrogen-bond donors (Lipinski definition) is 0. The van der Waals surface area contributed by atoms with Crippen molar-refractivity contribution >= 4 is 56.7 Å². The lowest BCUT2D eigenvalue weighted by Crippen LogP contribution is -2.27. The Hall–Kier alpha value is -2.68. The fraction of sp³-hybridized carbons (Fsp3) is 0.115. The van der Waals surface area contributed by atoms with Gasteiger partial charge in [0.05, 0.1) is 35.6 Å². The molecule has 0 spiro atoms. The first kappa shape index (κ1) is 23.1. The third-order valence-electron chi connectivity index (χ3n) is 6.03. The minimum atomic E-state index is -1.09. The normalized spacial score (nSPS) is 13.2. The van der Waals surface area contributed by atoms with Crippen molar-refractivity contribution < 1.29 is 0 Å². The molecule has 3 aromatic heterocycles. The van der Waals surface area contributed by atoms with Crippen molar-refractivity contribution in [2.75, 3.05) is 0 Å². The molecule has 0 saturated heterocycles. The molecule has 0 radical (unpaired) electrons. The number of aryl methyl sites for hydroxylation is 2. The van der Waals surface area contributed by atoms with Crippen LogP contribution in [0.25, 0.3) is 22.0 Å². The first-order chi connectivity index (χ1) is 16.3. The number of nitrogens with zero attached hydrogens (tertiary/aromatic N) is 4. The summed E-state index contributed by atoms with van der Waals surface area (Å²) in [6.45, 7) is 0. The number of alkyl halides is 1.